The van der Waals surface area contributed by atoms with E-state index in [0.717, 1.165) is 43.6 Å². The van der Waals surface area contributed by atoms with Crippen molar-refractivity contribution in [3.8, 4) is 0 Å². The first-order valence-corrected chi connectivity index (χ1v) is 9.66. The van der Waals surface area contributed by atoms with E-state index in [-0.39, 0.29) is 6.04 Å². The second kappa shape index (κ2) is 7.02. The van der Waals surface area contributed by atoms with Crippen LogP contribution < -0.4 is 5.32 Å². The quantitative estimate of drug-likeness (QED) is 0.762. The van der Waals surface area contributed by atoms with Crippen molar-refractivity contribution in [1.82, 2.24) is 9.62 Å². The smallest absolute Gasteiger partial charge is 0.252 e. The Morgan fingerprint density at radius 2 is 2.10 bits per heavy atom. The van der Waals surface area contributed by atoms with Gasteiger partial charge in [0.05, 0.1) is 0 Å². The number of hydrogen-bond acceptors (Lipinski definition) is 4. The van der Waals surface area contributed by atoms with E-state index in [2.05, 4.69) is 12.2 Å². The third-order valence-corrected chi connectivity index (χ3v) is 6.94. The molecule has 114 valence electrons. The average Bonchev–Trinajstić information content (AvgIpc) is 3.13. The molecule has 1 aromatic heterocycles. The number of rotatable bonds is 9. The number of sulfonamides is 1. The summed E-state index contributed by atoms with van der Waals surface area (Å²) in [5.74, 6) is 0. The van der Waals surface area contributed by atoms with Crippen molar-refractivity contribution >= 4 is 21.4 Å². The Morgan fingerprint density at radius 3 is 2.70 bits per heavy atom. The molecule has 1 saturated carbocycles. The number of hydrogen-bond donors (Lipinski definition) is 1. The summed E-state index contributed by atoms with van der Waals surface area (Å²) >= 11 is 1.39. The van der Waals surface area contributed by atoms with E-state index in [0.29, 0.717) is 10.8 Å². The Morgan fingerprint density at radius 1 is 1.35 bits per heavy atom. The highest BCUT2D eigenvalue weighted by molar-refractivity contribution is 7.91. The molecule has 0 spiro atoms. The Labute approximate surface area is 126 Å². The topological polar surface area (TPSA) is 49.4 Å². The lowest BCUT2D eigenvalue weighted by Gasteiger charge is -2.20. The highest BCUT2D eigenvalue weighted by Gasteiger charge is 2.38. The van der Waals surface area contributed by atoms with Crippen molar-refractivity contribution < 1.29 is 8.42 Å². The summed E-state index contributed by atoms with van der Waals surface area (Å²) in [5, 5.41) is 3.23. The van der Waals surface area contributed by atoms with Crippen LogP contribution in [0, 0.1) is 0 Å². The minimum Gasteiger partial charge on any atom is -0.312 e. The molecule has 0 aliphatic heterocycles. The fourth-order valence-corrected chi connectivity index (χ4v) is 5.31. The SMILES string of the molecule is CCCCN(C1CC1)S(=O)(=O)c1ccc(CNCC)s1. The third-order valence-electron chi connectivity index (χ3n) is 3.44. The molecule has 20 heavy (non-hydrogen) atoms. The minimum atomic E-state index is -3.29. The Hall–Kier alpha value is -0.430. The Kier molecular flexibility index (Phi) is 5.60. The largest absolute Gasteiger partial charge is 0.312 e. The van der Waals surface area contributed by atoms with Gasteiger partial charge in [0.25, 0.3) is 10.0 Å². The molecule has 0 atom stereocenters. The van der Waals surface area contributed by atoms with Crippen molar-refractivity contribution in [2.24, 2.45) is 0 Å². The molecule has 1 aromatic rings. The van der Waals surface area contributed by atoms with Crippen LogP contribution in [0.4, 0.5) is 0 Å². The van der Waals surface area contributed by atoms with E-state index in [1.807, 2.05) is 13.0 Å². The van der Waals surface area contributed by atoms with Gasteiger partial charge in [0.15, 0.2) is 0 Å². The normalized spacial score (nSPS) is 15.9. The van der Waals surface area contributed by atoms with Gasteiger partial charge in [0.2, 0.25) is 0 Å². The lowest BCUT2D eigenvalue weighted by molar-refractivity contribution is 0.397. The molecule has 6 heteroatoms. The van der Waals surface area contributed by atoms with Crippen molar-refractivity contribution in [2.45, 2.75) is 56.3 Å². The molecular weight excluding hydrogens is 292 g/mol. The van der Waals surface area contributed by atoms with E-state index in [9.17, 15) is 8.42 Å². The first-order valence-electron chi connectivity index (χ1n) is 7.40. The van der Waals surface area contributed by atoms with Crippen molar-refractivity contribution in [1.29, 1.82) is 0 Å². The third kappa shape index (κ3) is 3.81. The van der Waals surface area contributed by atoms with Gasteiger partial charge >= 0.3 is 0 Å². The predicted octanol–water partition coefficient (Wildman–Crippen LogP) is 2.81. The summed E-state index contributed by atoms with van der Waals surface area (Å²) in [4.78, 5) is 1.08. The molecule has 1 aliphatic rings. The summed E-state index contributed by atoms with van der Waals surface area (Å²) < 4.78 is 27.7. The number of thiophene rings is 1. The molecule has 0 unspecified atom stereocenters. The molecule has 2 rings (SSSR count). The average molecular weight is 316 g/mol. The maximum absolute atomic E-state index is 12.7. The Bertz CT molecular complexity index is 521. The lowest BCUT2D eigenvalue weighted by atomic mass is 10.3. The van der Waals surface area contributed by atoms with Gasteiger partial charge < -0.3 is 5.32 Å². The summed E-state index contributed by atoms with van der Waals surface area (Å²) in [7, 11) is -3.29. The van der Waals surface area contributed by atoms with Crippen LogP contribution in [0.1, 0.15) is 44.4 Å². The molecule has 1 aliphatic carbocycles. The first kappa shape index (κ1) is 15.9. The van der Waals surface area contributed by atoms with E-state index in [4.69, 9.17) is 0 Å². The zero-order valence-corrected chi connectivity index (χ0v) is 13.9. The number of nitrogens with one attached hydrogen (secondary N) is 1. The van der Waals surface area contributed by atoms with Gasteiger partial charge in [-0.2, -0.15) is 4.31 Å². The second-order valence-corrected chi connectivity index (χ2v) is 8.49. The van der Waals surface area contributed by atoms with Crippen LogP contribution in [0.2, 0.25) is 0 Å². The molecule has 1 N–H and O–H groups in total. The van der Waals surface area contributed by atoms with E-state index < -0.39 is 10.0 Å². The molecule has 0 aromatic carbocycles. The van der Waals surface area contributed by atoms with Gasteiger partial charge in [-0.3, -0.25) is 0 Å². The van der Waals surface area contributed by atoms with Crippen molar-refractivity contribution in [3.63, 3.8) is 0 Å². The molecule has 1 fully saturated rings. The van der Waals surface area contributed by atoms with Gasteiger partial charge in [0.1, 0.15) is 4.21 Å². The van der Waals surface area contributed by atoms with E-state index >= 15 is 0 Å². The summed E-state index contributed by atoms with van der Waals surface area (Å²) in [6.07, 6.45) is 3.98. The lowest BCUT2D eigenvalue weighted by Crippen LogP contribution is -2.33. The monoisotopic (exact) mass is 316 g/mol. The number of nitrogens with zero attached hydrogens (tertiary/aromatic N) is 1. The molecule has 0 amide bonds. The standard InChI is InChI=1S/C14H24N2O2S2/c1-3-5-10-16(12-6-7-12)20(17,18)14-9-8-13(19-14)11-15-4-2/h8-9,12,15H,3-7,10-11H2,1-2H3. The molecule has 1 heterocycles. The van der Waals surface area contributed by atoms with Crippen LogP contribution in [0.15, 0.2) is 16.3 Å². The zero-order chi connectivity index (χ0) is 14.6. The fourth-order valence-electron chi connectivity index (χ4n) is 2.13. The van der Waals surface area contributed by atoms with Gasteiger partial charge in [0, 0.05) is 24.0 Å². The van der Waals surface area contributed by atoms with Crippen LogP contribution in [-0.4, -0.2) is 31.9 Å². The molecular formula is C14H24N2O2S2. The first-order chi connectivity index (χ1) is 9.59. The molecule has 4 nitrogen and oxygen atoms in total. The van der Waals surface area contributed by atoms with Gasteiger partial charge in [-0.15, -0.1) is 11.3 Å². The van der Waals surface area contributed by atoms with Crippen molar-refractivity contribution in [3.05, 3.63) is 17.0 Å². The van der Waals surface area contributed by atoms with E-state index in [1.54, 1.807) is 10.4 Å². The summed E-state index contributed by atoms with van der Waals surface area (Å²) in [6, 6.07) is 3.92. The maximum Gasteiger partial charge on any atom is 0.252 e. The van der Waals surface area contributed by atoms with Gasteiger partial charge in [-0.05, 0) is 37.9 Å². The Balaban J connectivity index is 2.12. The van der Waals surface area contributed by atoms with Crippen LogP contribution in [0.25, 0.3) is 0 Å². The second-order valence-electron chi connectivity index (χ2n) is 5.20. The fraction of sp³-hybridized carbons (Fsp3) is 0.714. The number of unbranched alkanes of at least 4 members (excludes halogenated alkanes) is 1. The summed E-state index contributed by atoms with van der Waals surface area (Å²) in [5.41, 5.74) is 0. The van der Waals surface area contributed by atoms with Crippen LogP contribution >= 0.6 is 11.3 Å². The highest BCUT2D eigenvalue weighted by atomic mass is 32.2. The van der Waals surface area contributed by atoms with Crippen LogP contribution in [0.3, 0.4) is 0 Å². The minimum absolute atomic E-state index is 0.242. The molecule has 0 radical (unpaired) electrons. The van der Waals surface area contributed by atoms with Gasteiger partial charge in [-0.25, -0.2) is 8.42 Å². The predicted molar refractivity (Wildman–Crippen MR) is 83.5 cm³/mol. The summed E-state index contributed by atoms with van der Waals surface area (Å²) in [6.45, 7) is 6.44. The van der Waals surface area contributed by atoms with Crippen LogP contribution in [-0.2, 0) is 16.6 Å². The van der Waals surface area contributed by atoms with E-state index in [1.165, 1.54) is 11.3 Å². The molecule has 0 saturated heterocycles. The van der Waals surface area contributed by atoms with Crippen LogP contribution in [0.5, 0.6) is 0 Å². The van der Waals surface area contributed by atoms with Crippen molar-refractivity contribution in [2.75, 3.05) is 13.1 Å². The maximum atomic E-state index is 12.7. The molecule has 0 bridgehead atoms. The van der Waals surface area contributed by atoms with Gasteiger partial charge in [-0.1, -0.05) is 20.3 Å². The zero-order valence-electron chi connectivity index (χ0n) is 12.3. The highest BCUT2D eigenvalue weighted by Crippen LogP contribution is 2.34.